The SMILES string of the molecule is C=C(CCl)CN(C)C1CCCN(C)C1. The Morgan fingerprint density at radius 1 is 1.64 bits per heavy atom. The van der Waals surface area contributed by atoms with Gasteiger partial charge in [0.05, 0.1) is 0 Å². The van der Waals surface area contributed by atoms with E-state index in [1.165, 1.54) is 25.9 Å². The van der Waals surface area contributed by atoms with Gasteiger partial charge in [-0.3, -0.25) is 4.90 Å². The highest BCUT2D eigenvalue weighted by Gasteiger charge is 2.20. The Kier molecular flexibility index (Phi) is 4.93. The van der Waals surface area contributed by atoms with Gasteiger partial charge in [0.2, 0.25) is 0 Å². The fraction of sp³-hybridized carbons (Fsp3) is 0.818. The minimum Gasteiger partial charge on any atom is -0.305 e. The maximum Gasteiger partial charge on any atom is 0.0443 e. The van der Waals surface area contributed by atoms with Crippen LogP contribution in [0.15, 0.2) is 12.2 Å². The predicted molar refractivity (Wildman–Crippen MR) is 63.0 cm³/mol. The number of likely N-dealkylation sites (tertiary alicyclic amines) is 1. The Morgan fingerprint density at radius 3 is 2.93 bits per heavy atom. The number of hydrogen-bond acceptors (Lipinski definition) is 2. The van der Waals surface area contributed by atoms with Crippen molar-refractivity contribution < 1.29 is 0 Å². The third-order valence-corrected chi connectivity index (χ3v) is 3.26. The molecule has 1 rings (SSSR count). The van der Waals surface area contributed by atoms with Crippen molar-refractivity contribution in [2.75, 3.05) is 39.6 Å². The molecule has 1 aliphatic heterocycles. The highest BCUT2D eigenvalue weighted by atomic mass is 35.5. The highest BCUT2D eigenvalue weighted by Crippen LogP contribution is 2.14. The van der Waals surface area contributed by atoms with E-state index in [-0.39, 0.29) is 0 Å². The minimum absolute atomic E-state index is 0.576. The molecular weight excluding hydrogens is 196 g/mol. The summed E-state index contributed by atoms with van der Waals surface area (Å²) in [6.07, 6.45) is 2.61. The van der Waals surface area contributed by atoms with Crippen molar-refractivity contribution in [1.82, 2.24) is 9.80 Å². The van der Waals surface area contributed by atoms with Crippen LogP contribution in [0.1, 0.15) is 12.8 Å². The van der Waals surface area contributed by atoms with Gasteiger partial charge in [-0.1, -0.05) is 6.58 Å². The molecule has 0 aromatic carbocycles. The van der Waals surface area contributed by atoms with E-state index in [0.717, 1.165) is 12.1 Å². The van der Waals surface area contributed by atoms with Gasteiger partial charge in [0.25, 0.3) is 0 Å². The molecule has 0 radical (unpaired) electrons. The van der Waals surface area contributed by atoms with Gasteiger partial charge in [-0.15, -0.1) is 11.6 Å². The summed E-state index contributed by atoms with van der Waals surface area (Å²) in [5.74, 6) is 0.576. The van der Waals surface area contributed by atoms with Gasteiger partial charge in [-0.2, -0.15) is 0 Å². The lowest BCUT2D eigenvalue weighted by Gasteiger charge is -2.36. The lowest BCUT2D eigenvalue weighted by Crippen LogP contribution is -2.45. The summed E-state index contributed by atoms with van der Waals surface area (Å²) in [7, 11) is 4.36. The molecule has 0 spiro atoms. The second-order valence-corrected chi connectivity index (χ2v) is 4.62. The molecule has 1 unspecified atom stereocenters. The molecule has 0 amide bonds. The number of halogens is 1. The quantitative estimate of drug-likeness (QED) is 0.523. The van der Waals surface area contributed by atoms with E-state index in [0.29, 0.717) is 11.9 Å². The van der Waals surface area contributed by atoms with Gasteiger partial charge in [0.15, 0.2) is 0 Å². The van der Waals surface area contributed by atoms with Crippen LogP contribution in [0.3, 0.4) is 0 Å². The first-order chi connectivity index (χ1) is 6.63. The summed E-state index contributed by atoms with van der Waals surface area (Å²) in [5, 5.41) is 0. The molecular formula is C11H21ClN2. The van der Waals surface area contributed by atoms with Crippen LogP contribution in [0.5, 0.6) is 0 Å². The van der Waals surface area contributed by atoms with E-state index in [1.54, 1.807) is 0 Å². The van der Waals surface area contributed by atoms with Crippen LogP contribution in [0, 0.1) is 0 Å². The third kappa shape index (κ3) is 3.60. The standard InChI is InChI=1S/C11H21ClN2/c1-10(7-12)8-14(3)11-5-4-6-13(2)9-11/h11H,1,4-9H2,2-3H3. The van der Waals surface area contributed by atoms with Crippen molar-refractivity contribution in [3.63, 3.8) is 0 Å². The number of piperidine rings is 1. The molecule has 2 nitrogen and oxygen atoms in total. The largest absolute Gasteiger partial charge is 0.305 e. The summed E-state index contributed by atoms with van der Waals surface area (Å²) in [5.41, 5.74) is 1.11. The first kappa shape index (κ1) is 12.0. The van der Waals surface area contributed by atoms with Crippen LogP contribution < -0.4 is 0 Å². The van der Waals surface area contributed by atoms with Gasteiger partial charge >= 0.3 is 0 Å². The van der Waals surface area contributed by atoms with E-state index in [4.69, 9.17) is 11.6 Å². The van der Waals surface area contributed by atoms with Gasteiger partial charge in [-0.05, 0) is 39.1 Å². The van der Waals surface area contributed by atoms with E-state index in [2.05, 4.69) is 30.5 Å². The van der Waals surface area contributed by atoms with Crippen molar-refractivity contribution in [3.8, 4) is 0 Å². The van der Waals surface area contributed by atoms with Gasteiger partial charge in [0.1, 0.15) is 0 Å². The van der Waals surface area contributed by atoms with Crippen LogP contribution in [-0.2, 0) is 0 Å². The van der Waals surface area contributed by atoms with Gasteiger partial charge in [-0.25, -0.2) is 0 Å². The Bertz CT molecular complexity index is 194. The predicted octanol–water partition coefficient (Wildman–Crippen LogP) is 1.81. The molecule has 1 saturated heterocycles. The highest BCUT2D eigenvalue weighted by molar-refractivity contribution is 6.19. The third-order valence-electron chi connectivity index (χ3n) is 2.88. The first-order valence-electron chi connectivity index (χ1n) is 5.25. The van der Waals surface area contributed by atoms with Crippen LogP contribution in [0.25, 0.3) is 0 Å². The van der Waals surface area contributed by atoms with E-state index >= 15 is 0 Å². The lowest BCUT2D eigenvalue weighted by molar-refractivity contribution is 0.142. The van der Waals surface area contributed by atoms with Crippen LogP contribution in [0.2, 0.25) is 0 Å². The molecule has 1 heterocycles. The number of likely N-dealkylation sites (N-methyl/N-ethyl adjacent to an activating group) is 2. The summed E-state index contributed by atoms with van der Waals surface area (Å²) in [6.45, 7) is 7.28. The number of nitrogens with zero attached hydrogens (tertiary/aromatic N) is 2. The summed E-state index contributed by atoms with van der Waals surface area (Å²) in [6, 6.07) is 0.675. The Labute approximate surface area is 92.5 Å². The molecule has 1 aliphatic rings. The Morgan fingerprint density at radius 2 is 2.36 bits per heavy atom. The smallest absolute Gasteiger partial charge is 0.0443 e. The van der Waals surface area contributed by atoms with E-state index in [9.17, 15) is 0 Å². The van der Waals surface area contributed by atoms with Gasteiger partial charge in [0, 0.05) is 25.0 Å². The fourth-order valence-corrected chi connectivity index (χ4v) is 2.11. The lowest BCUT2D eigenvalue weighted by atomic mass is 10.0. The van der Waals surface area contributed by atoms with Crippen molar-refractivity contribution in [3.05, 3.63) is 12.2 Å². The molecule has 0 saturated carbocycles. The normalized spacial score (nSPS) is 24.1. The molecule has 0 aromatic heterocycles. The summed E-state index contributed by atoms with van der Waals surface area (Å²) in [4.78, 5) is 4.77. The van der Waals surface area contributed by atoms with Crippen LogP contribution in [-0.4, -0.2) is 55.5 Å². The molecule has 3 heteroatoms. The monoisotopic (exact) mass is 216 g/mol. The molecule has 0 N–H and O–H groups in total. The Balaban J connectivity index is 2.35. The van der Waals surface area contributed by atoms with E-state index < -0.39 is 0 Å². The zero-order valence-electron chi connectivity index (χ0n) is 9.30. The zero-order chi connectivity index (χ0) is 10.6. The maximum atomic E-state index is 5.73. The first-order valence-corrected chi connectivity index (χ1v) is 5.78. The Hall–Kier alpha value is -0.0500. The zero-order valence-corrected chi connectivity index (χ0v) is 10.1. The van der Waals surface area contributed by atoms with Crippen molar-refractivity contribution in [2.24, 2.45) is 0 Å². The summed E-state index contributed by atoms with van der Waals surface area (Å²) >= 11 is 5.73. The van der Waals surface area contributed by atoms with Crippen molar-refractivity contribution >= 4 is 11.6 Å². The molecule has 1 fully saturated rings. The second-order valence-electron chi connectivity index (χ2n) is 4.36. The molecule has 82 valence electrons. The fourth-order valence-electron chi connectivity index (χ4n) is 2.02. The average Bonchev–Trinajstić information content (AvgIpc) is 2.17. The topological polar surface area (TPSA) is 6.48 Å². The van der Waals surface area contributed by atoms with Crippen LogP contribution in [0.4, 0.5) is 0 Å². The average molecular weight is 217 g/mol. The van der Waals surface area contributed by atoms with Gasteiger partial charge < -0.3 is 4.90 Å². The minimum atomic E-state index is 0.576. The second kappa shape index (κ2) is 5.74. The van der Waals surface area contributed by atoms with E-state index in [1.807, 2.05) is 0 Å². The van der Waals surface area contributed by atoms with Crippen LogP contribution >= 0.6 is 11.6 Å². The van der Waals surface area contributed by atoms with Crippen molar-refractivity contribution in [1.29, 1.82) is 0 Å². The molecule has 0 bridgehead atoms. The molecule has 0 aromatic rings. The number of rotatable bonds is 4. The molecule has 1 atom stereocenters. The molecule has 0 aliphatic carbocycles. The maximum absolute atomic E-state index is 5.73. The number of alkyl halides is 1. The molecule has 14 heavy (non-hydrogen) atoms. The number of hydrogen-bond donors (Lipinski definition) is 0. The van der Waals surface area contributed by atoms with Crippen molar-refractivity contribution in [2.45, 2.75) is 18.9 Å². The summed E-state index contributed by atoms with van der Waals surface area (Å²) < 4.78 is 0.